The van der Waals surface area contributed by atoms with Gasteiger partial charge in [0.2, 0.25) is 0 Å². The summed E-state index contributed by atoms with van der Waals surface area (Å²) in [7, 11) is 1.91. The van der Waals surface area contributed by atoms with Gasteiger partial charge in [-0.3, -0.25) is 19.8 Å². The van der Waals surface area contributed by atoms with Crippen molar-refractivity contribution in [2.75, 3.05) is 16.8 Å². The van der Waals surface area contributed by atoms with Crippen molar-refractivity contribution < 1.29 is 14.0 Å². The Kier molecular flexibility index (Phi) is 5.55. The Hall–Kier alpha value is -2.84. The molecule has 0 aromatic heterocycles. The van der Waals surface area contributed by atoms with Crippen molar-refractivity contribution in [3.05, 3.63) is 69.5 Å². The van der Waals surface area contributed by atoms with Crippen LogP contribution in [0.4, 0.5) is 15.8 Å². The van der Waals surface area contributed by atoms with Crippen molar-refractivity contribution in [1.82, 2.24) is 5.32 Å². The van der Waals surface area contributed by atoms with Crippen LogP contribution in [0.15, 0.2) is 52.5 Å². The molecular formula is C24H21BrFN3O2S. The van der Waals surface area contributed by atoms with Crippen LogP contribution in [0.5, 0.6) is 0 Å². The van der Waals surface area contributed by atoms with Gasteiger partial charge in [0.25, 0.3) is 11.8 Å². The Balaban J connectivity index is 1.80. The standard InChI is InChI=1S/C24H21BrFN3O2S/c1-13-12-24(2,3)28(4)20-11-19(26)14(8-17(13)20)9-18-21(30)27-23(32)29(22(18)31)16-7-5-6-15(25)10-16/h5-12H,1-4H3,(H,27,30,32)/b18-9-. The third-order valence-electron chi connectivity index (χ3n) is 5.80. The lowest BCUT2D eigenvalue weighted by atomic mass is 9.88. The monoisotopic (exact) mass is 513 g/mol. The second-order valence-electron chi connectivity index (χ2n) is 8.37. The van der Waals surface area contributed by atoms with Crippen LogP contribution >= 0.6 is 28.1 Å². The molecule has 1 fully saturated rings. The Labute approximate surface area is 199 Å². The summed E-state index contributed by atoms with van der Waals surface area (Å²) in [5.41, 5.74) is 2.80. The van der Waals surface area contributed by atoms with Crippen LogP contribution in [0.3, 0.4) is 0 Å². The SMILES string of the molecule is CC1=CC(C)(C)N(C)c2cc(F)c(/C=C3/C(=O)NC(=S)N(c4cccc(Br)c4)C3=O)cc21. The van der Waals surface area contributed by atoms with E-state index in [9.17, 15) is 9.59 Å². The number of nitrogens with one attached hydrogen (secondary N) is 1. The van der Waals surface area contributed by atoms with Gasteiger partial charge in [0, 0.05) is 28.3 Å². The van der Waals surface area contributed by atoms with E-state index in [2.05, 4.69) is 41.2 Å². The predicted octanol–water partition coefficient (Wildman–Crippen LogP) is 5.05. The first-order chi connectivity index (χ1) is 15.0. The Bertz CT molecular complexity index is 1250. The molecule has 164 valence electrons. The lowest BCUT2D eigenvalue weighted by Gasteiger charge is -2.40. The minimum Gasteiger partial charge on any atom is -0.365 e. The van der Waals surface area contributed by atoms with E-state index >= 15 is 4.39 Å². The quantitative estimate of drug-likeness (QED) is 0.346. The number of carbonyl (C=O) groups is 2. The van der Waals surface area contributed by atoms with E-state index in [4.69, 9.17) is 12.2 Å². The molecule has 2 aliphatic heterocycles. The van der Waals surface area contributed by atoms with Crippen LogP contribution in [0.2, 0.25) is 0 Å². The Morgan fingerprint density at radius 1 is 1.19 bits per heavy atom. The second kappa shape index (κ2) is 7.94. The van der Waals surface area contributed by atoms with Crippen LogP contribution in [0, 0.1) is 5.82 Å². The number of hydrogen-bond donors (Lipinski definition) is 1. The highest BCUT2D eigenvalue weighted by Crippen LogP contribution is 2.39. The number of thiocarbonyl (C=S) groups is 1. The molecule has 2 heterocycles. The molecular weight excluding hydrogens is 493 g/mol. The number of fused-ring (bicyclic) bond motifs is 1. The molecule has 2 aromatic carbocycles. The topological polar surface area (TPSA) is 52.7 Å². The second-order valence-corrected chi connectivity index (χ2v) is 9.67. The molecule has 0 saturated carbocycles. The fraction of sp³-hybridized carbons (Fsp3) is 0.208. The van der Waals surface area contributed by atoms with Gasteiger partial charge in [-0.25, -0.2) is 4.39 Å². The van der Waals surface area contributed by atoms with Crippen molar-refractivity contribution in [2.24, 2.45) is 0 Å². The van der Waals surface area contributed by atoms with E-state index in [1.165, 1.54) is 17.0 Å². The van der Waals surface area contributed by atoms with E-state index in [-0.39, 0.29) is 21.8 Å². The maximum absolute atomic E-state index is 15.1. The molecule has 1 saturated heterocycles. The first-order valence-electron chi connectivity index (χ1n) is 9.94. The fourth-order valence-electron chi connectivity index (χ4n) is 3.96. The van der Waals surface area contributed by atoms with Gasteiger partial charge >= 0.3 is 0 Å². The summed E-state index contributed by atoms with van der Waals surface area (Å²) < 4.78 is 15.9. The van der Waals surface area contributed by atoms with Crippen molar-refractivity contribution >= 4 is 68.1 Å². The molecule has 0 atom stereocenters. The number of hydrogen-bond acceptors (Lipinski definition) is 4. The van der Waals surface area contributed by atoms with Gasteiger partial charge in [-0.05, 0) is 75.0 Å². The molecule has 0 aliphatic carbocycles. The number of allylic oxidation sites excluding steroid dienone is 1. The van der Waals surface area contributed by atoms with Gasteiger partial charge in [0.1, 0.15) is 11.4 Å². The maximum Gasteiger partial charge on any atom is 0.270 e. The van der Waals surface area contributed by atoms with Gasteiger partial charge in [0.05, 0.1) is 11.2 Å². The normalized spacial score (nSPS) is 19.1. The van der Waals surface area contributed by atoms with E-state index in [0.29, 0.717) is 5.69 Å². The number of amides is 2. The summed E-state index contributed by atoms with van der Waals surface area (Å²) >= 11 is 8.59. The Morgan fingerprint density at radius 3 is 2.59 bits per heavy atom. The molecule has 32 heavy (non-hydrogen) atoms. The van der Waals surface area contributed by atoms with Crippen LogP contribution in [0.1, 0.15) is 31.9 Å². The summed E-state index contributed by atoms with van der Waals surface area (Å²) in [4.78, 5) is 29.0. The average molecular weight is 514 g/mol. The van der Waals surface area contributed by atoms with Crippen molar-refractivity contribution in [3.63, 3.8) is 0 Å². The molecule has 5 nitrogen and oxygen atoms in total. The van der Waals surface area contributed by atoms with E-state index in [1.54, 1.807) is 24.3 Å². The Morgan fingerprint density at radius 2 is 1.91 bits per heavy atom. The zero-order chi connectivity index (χ0) is 23.4. The maximum atomic E-state index is 15.1. The molecule has 4 rings (SSSR count). The molecule has 0 bridgehead atoms. The van der Waals surface area contributed by atoms with Crippen molar-refractivity contribution in [1.29, 1.82) is 0 Å². The number of halogens is 2. The van der Waals surface area contributed by atoms with Crippen LogP contribution in [-0.2, 0) is 9.59 Å². The zero-order valence-electron chi connectivity index (χ0n) is 18.0. The molecule has 1 N–H and O–H groups in total. The van der Waals surface area contributed by atoms with Crippen LogP contribution < -0.4 is 15.1 Å². The van der Waals surface area contributed by atoms with Gasteiger partial charge in [0.15, 0.2) is 5.11 Å². The van der Waals surface area contributed by atoms with Gasteiger partial charge < -0.3 is 4.90 Å². The van der Waals surface area contributed by atoms with Gasteiger partial charge in [-0.1, -0.05) is 28.1 Å². The third-order valence-corrected chi connectivity index (χ3v) is 6.58. The predicted molar refractivity (Wildman–Crippen MR) is 133 cm³/mol. The van der Waals surface area contributed by atoms with Crippen molar-refractivity contribution in [2.45, 2.75) is 26.3 Å². The van der Waals surface area contributed by atoms with E-state index < -0.39 is 17.6 Å². The molecule has 2 aromatic rings. The van der Waals surface area contributed by atoms with E-state index in [0.717, 1.165) is 21.3 Å². The number of rotatable bonds is 2. The summed E-state index contributed by atoms with van der Waals surface area (Å²) in [6.45, 7) is 6.07. The van der Waals surface area contributed by atoms with Gasteiger partial charge in [-0.2, -0.15) is 0 Å². The highest BCUT2D eigenvalue weighted by atomic mass is 79.9. The summed E-state index contributed by atoms with van der Waals surface area (Å²) in [6, 6.07) is 10.1. The first kappa shape index (κ1) is 22.4. The van der Waals surface area contributed by atoms with Crippen molar-refractivity contribution in [3.8, 4) is 0 Å². The van der Waals surface area contributed by atoms with Crippen LogP contribution in [0.25, 0.3) is 11.6 Å². The van der Waals surface area contributed by atoms with E-state index in [1.807, 2.05) is 24.9 Å². The minimum atomic E-state index is -0.658. The zero-order valence-corrected chi connectivity index (χ0v) is 20.4. The molecule has 2 amide bonds. The molecule has 0 spiro atoms. The van der Waals surface area contributed by atoms with Crippen LogP contribution in [-0.4, -0.2) is 29.5 Å². The smallest absolute Gasteiger partial charge is 0.270 e. The fourth-order valence-corrected chi connectivity index (χ4v) is 4.63. The average Bonchev–Trinajstić information content (AvgIpc) is 2.69. The highest BCUT2D eigenvalue weighted by Gasteiger charge is 2.35. The number of likely N-dealkylation sites (N-methyl/N-ethyl adjacent to an activating group) is 1. The molecule has 8 heteroatoms. The summed E-state index contributed by atoms with van der Waals surface area (Å²) in [5, 5.41) is 2.50. The molecule has 0 radical (unpaired) electrons. The molecule has 0 unspecified atom stereocenters. The number of anilines is 2. The highest BCUT2D eigenvalue weighted by molar-refractivity contribution is 9.10. The molecule has 2 aliphatic rings. The van der Waals surface area contributed by atoms with Gasteiger partial charge in [-0.15, -0.1) is 0 Å². The minimum absolute atomic E-state index is 0.0243. The first-order valence-corrected chi connectivity index (χ1v) is 11.1. The summed E-state index contributed by atoms with van der Waals surface area (Å²) in [6.07, 6.45) is 3.39. The number of nitrogens with zero attached hydrogens (tertiary/aromatic N) is 2. The summed E-state index contributed by atoms with van der Waals surface area (Å²) in [5.74, 6) is -1.79. The third kappa shape index (κ3) is 3.78. The number of carbonyl (C=O) groups excluding carboxylic acids is 2. The largest absolute Gasteiger partial charge is 0.365 e. The lowest BCUT2D eigenvalue weighted by molar-refractivity contribution is -0.122. The lowest BCUT2D eigenvalue weighted by Crippen LogP contribution is -2.54. The number of benzene rings is 2.